The molecule has 0 fully saturated rings. The van der Waals surface area contributed by atoms with Crippen molar-refractivity contribution in [2.45, 2.75) is 25.7 Å². The lowest BCUT2D eigenvalue weighted by Gasteiger charge is -2.13. The van der Waals surface area contributed by atoms with Crippen LogP contribution in [0.25, 0.3) is 0 Å². The van der Waals surface area contributed by atoms with E-state index in [0.29, 0.717) is 0 Å². The molecule has 1 rings (SSSR count). The molecule has 0 saturated carbocycles. The number of nitrogens with zero attached hydrogens (tertiary/aromatic N) is 3. The predicted molar refractivity (Wildman–Crippen MR) is 76.1 cm³/mol. The smallest absolute Gasteiger partial charge is 0.382 e. The van der Waals surface area contributed by atoms with E-state index in [1.807, 2.05) is 0 Å². The van der Waals surface area contributed by atoms with E-state index >= 15 is 0 Å². The van der Waals surface area contributed by atoms with E-state index in [1.165, 1.54) is 7.05 Å². The van der Waals surface area contributed by atoms with Crippen LogP contribution >= 0.6 is 22.6 Å². The molecule has 0 radical (unpaired) electrons. The van der Waals surface area contributed by atoms with Crippen molar-refractivity contribution in [3.05, 3.63) is 17.5 Å². The maximum Gasteiger partial charge on any atom is 0.435 e. The molecule has 0 aliphatic heterocycles. The number of aryl methyl sites for hydroxylation is 1. The number of aromatic nitrogens is 2. The Morgan fingerprint density at radius 1 is 1.65 bits per heavy atom. The molecule has 0 amide bonds. The van der Waals surface area contributed by atoms with Crippen LogP contribution in [0, 0.1) is 5.41 Å². The molecule has 1 unspecified atom stereocenters. The van der Waals surface area contributed by atoms with E-state index in [9.17, 15) is 18.3 Å². The Labute approximate surface area is 126 Å². The van der Waals surface area contributed by atoms with Crippen LogP contribution < -0.4 is 5.43 Å². The summed E-state index contributed by atoms with van der Waals surface area (Å²) in [6.45, 7) is 1.86. The first-order chi connectivity index (χ1) is 9.22. The zero-order chi connectivity index (χ0) is 15.5. The van der Waals surface area contributed by atoms with E-state index in [1.54, 1.807) is 29.5 Å². The lowest BCUT2D eigenvalue weighted by atomic mass is 10.1. The van der Waals surface area contributed by atoms with Crippen LogP contribution in [0.5, 0.6) is 0 Å². The van der Waals surface area contributed by atoms with Gasteiger partial charge in [0.1, 0.15) is 15.5 Å². The predicted octanol–water partition coefficient (Wildman–Crippen LogP) is 1.94. The van der Waals surface area contributed by atoms with E-state index in [-0.39, 0.29) is 16.0 Å². The molecule has 0 aliphatic carbocycles. The van der Waals surface area contributed by atoms with Crippen LogP contribution in [-0.4, -0.2) is 31.4 Å². The van der Waals surface area contributed by atoms with Crippen LogP contribution in [0.1, 0.15) is 24.3 Å². The van der Waals surface area contributed by atoms with Gasteiger partial charge in [-0.3, -0.25) is 10.1 Å². The molecule has 1 atom stereocenters. The molecule has 20 heavy (non-hydrogen) atoms. The van der Waals surface area contributed by atoms with Gasteiger partial charge >= 0.3 is 6.18 Å². The zero-order valence-electron chi connectivity index (χ0n) is 10.7. The topological polar surface area (TPSA) is 86.3 Å². The molecule has 10 heteroatoms. The fraction of sp³-hybridized carbons (Fsp3) is 0.500. The highest BCUT2D eigenvalue weighted by Gasteiger charge is 2.40. The van der Waals surface area contributed by atoms with Crippen molar-refractivity contribution in [1.82, 2.24) is 15.2 Å². The van der Waals surface area contributed by atoms with E-state index in [0.717, 1.165) is 10.9 Å². The molecule has 1 aromatic rings. The van der Waals surface area contributed by atoms with Crippen molar-refractivity contribution in [2.24, 2.45) is 5.10 Å². The van der Waals surface area contributed by atoms with E-state index < -0.39 is 23.5 Å². The number of alkyl halides is 3. The molecular formula is C10H13F3IN5O. The minimum atomic E-state index is -4.69. The summed E-state index contributed by atoms with van der Waals surface area (Å²) in [4.78, 5) is 0. The van der Waals surface area contributed by atoms with Gasteiger partial charge < -0.3 is 10.5 Å². The molecule has 6 nitrogen and oxygen atoms in total. The summed E-state index contributed by atoms with van der Waals surface area (Å²) in [6.07, 6.45) is -5.25. The summed E-state index contributed by atoms with van der Waals surface area (Å²) in [7, 11) is 1.42. The van der Waals surface area contributed by atoms with Crippen molar-refractivity contribution in [3.63, 3.8) is 0 Å². The van der Waals surface area contributed by atoms with Crippen molar-refractivity contribution in [3.8, 4) is 0 Å². The number of aliphatic hydroxyl groups excluding tert-OH is 1. The van der Waals surface area contributed by atoms with Gasteiger partial charge in [-0.1, -0.05) is 0 Å². The molecule has 0 saturated heterocycles. The Hall–Kier alpha value is -1.17. The highest BCUT2D eigenvalue weighted by molar-refractivity contribution is 14.1. The summed E-state index contributed by atoms with van der Waals surface area (Å²) in [5.41, 5.74) is 0.559. The van der Waals surface area contributed by atoms with Crippen molar-refractivity contribution >= 4 is 32.0 Å². The van der Waals surface area contributed by atoms with Gasteiger partial charge in [0, 0.05) is 25.4 Å². The van der Waals surface area contributed by atoms with E-state index in [2.05, 4.69) is 15.6 Å². The zero-order valence-corrected chi connectivity index (χ0v) is 12.8. The molecule has 0 aliphatic rings. The fourth-order valence-electron chi connectivity index (χ4n) is 1.52. The lowest BCUT2D eigenvalue weighted by molar-refractivity contribution is -0.142. The van der Waals surface area contributed by atoms with Crippen molar-refractivity contribution < 1.29 is 18.3 Å². The Morgan fingerprint density at radius 3 is 2.65 bits per heavy atom. The number of aliphatic hydroxyl groups is 1. The Morgan fingerprint density at radius 2 is 2.25 bits per heavy atom. The van der Waals surface area contributed by atoms with Crippen LogP contribution in [0.3, 0.4) is 0 Å². The second-order valence-electron chi connectivity index (χ2n) is 3.72. The van der Waals surface area contributed by atoms with Gasteiger partial charge in [0.25, 0.3) is 0 Å². The highest BCUT2D eigenvalue weighted by Crippen LogP contribution is 2.34. The Bertz CT molecular complexity index is 525. The molecule has 0 spiro atoms. The third-order valence-electron chi connectivity index (χ3n) is 2.39. The second-order valence-corrected chi connectivity index (χ2v) is 4.80. The minimum Gasteiger partial charge on any atom is -0.382 e. The van der Waals surface area contributed by atoms with Gasteiger partial charge in [-0.2, -0.15) is 23.4 Å². The van der Waals surface area contributed by atoms with Gasteiger partial charge in [-0.05, 0) is 29.5 Å². The normalized spacial score (nSPS) is 14.2. The molecule has 1 aromatic heterocycles. The number of halogens is 4. The van der Waals surface area contributed by atoms with Crippen LogP contribution in [-0.2, 0) is 12.7 Å². The average molecular weight is 403 g/mol. The van der Waals surface area contributed by atoms with Gasteiger partial charge in [0.2, 0.25) is 0 Å². The second kappa shape index (κ2) is 6.52. The third kappa shape index (κ3) is 3.69. The van der Waals surface area contributed by atoms with Crippen molar-refractivity contribution in [1.29, 1.82) is 5.41 Å². The molecule has 0 aromatic carbocycles. The Kier molecular flexibility index (Phi) is 5.50. The van der Waals surface area contributed by atoms with Crippen LogP contribution in [0.2, 0.25) is 0 Å². The maximum atomic E-state index is 12.9. The molecule has 1 heterocycles. The molecular weight excluding hydrogens is 390 g/mol. The lowest BCUT2D eigenvalue weighted by Crippen LogP contribution is -2.22. The van der Waals surface area contributed by atoms with Gasteiger partial charge in [-0.25, -0.2) is 0 Å². The summed E-state index contributed by atoms with van der Waals surface area (Å²) >= 11 is 1.56. The largest absolute Gasteiger partial charge is 0.435 e. The molecule has 112 valence electrons. The first-order valence-electron chi connectivity index (χ1n) is 5.53. The number of nitrogens with one attached hydrogen (secondary N) is 2. The Balaban J connectivity index is 3.34. The summed E-state index contributed by atoms with van der Waals surface area (Å²) in [5, 5.41) is 24.6. The highest BCUT2D eigenvalue weighted by atomic mass is 127. The molecule has 3 N–H and O–H groups in total. The van der Waals surface area contributed by atoms with Crippen molar-refractivity contribution in [2.75, 3.05) is 7.05 Å². The van der Waals surface area contributed by atoms with Gasteiger partial charge in [-0.15, -0.1) is 0 Å². The van der Waals surface area contributed by atoms with Gasteiger partial charge in [0.15, 0.2) is 5.69 Å². The minimum absolute atomic E-state index is 0.165. The summed E-state index contributed by atoms with van der Waals surface area (Å²) < 4.78 is 39.6. The summed E-state index contributed by atoms with van der Waals surface area (Å²) in [6, 6.07) is 0. The SMILES string of the molecule is CCn1cc(C(O)/C(=N/NC)C(=N)I)c(C(F)(F)F)n1. The monoisotopic (exact) mass is 403 g/mol. The van der Waals surface area contributed by atoms with Gasteiger partial charge in [0.05, 0.1) is 0 Å². The van der Waals surface area contributed by atoms with Crippen LogP contribution in [0.4, 0.5) is 13.2 Å². The van der Waals surface area contributed by atoms with E-state index in [4.69, 9.17) is 5.41 Å². The molecule has 0 bridgehead atoms. The fourth-order valence-corrected chi connectivity index (χ4v) is 1.93. The number of hydrogen-bond acceptors (Lipinski definition) is 5. The number of hydrogen-bond donors (Lipinski definition) is 3. The first-order valence-corrected chi connectivity index (χ1v) is 6.61. The van der Waals surface area contributed by atoms with Crippen LogP contribution in [0.15, 0.2) is 11.3 Å². The number of rotatable bonds is 5. The summed E-state index contributed by atoms with van der Waals surface area (Å²) in [5.74, 6) is 0. The number of hydrazone groups is 1. The average Bonchev–Trinajstić information content (AvgIpc) is 2.78. The quantitative estimate of drug-likeness (QED) is 0.399. The first kappa shape index (κ1) is 16.9. The third-order valence-corrected chi connectivity index (χ3v) is 2.95. The standard InChI is InChI=1S/C10H13F3IN5O/c1-3-19-4-5(8(18-19)10(11,12)13)7(20)6(9(14)15)17-16-2/h4,7,15-16,20H,3H2,1-2H3/b15-9?,17-6-. The maximum absolute atomic E-state index is 12.9.